The monoisotopic (exact) mass is 224 g/mol. The molecule has 0 atom stereocenters. The zero-order valence-corrected chi connectivity index (χ0v) is 9.77. The Bertz CT molecular complexity index is 423. The van der Waals surface area contributed by atoms with Gasteiger partial charge in [-0.05, 0) is 26.3 Å². The molecule has 0 saturated carbocycles. The molecule has 1 aromatic rings. The van der Waals surface area contributed by atoms with Crippen LogP contribution in [-0.4, -0.2) is 21.9 Å². The molecule has 16 heavy (non-hydrogen) atoms. The second-order valence-corrected chi connectivity index (χ2v) is 3.73. The quantitative estimate of drug-likeness (QED) is 0.721. The molecule has 0 N–H and O–H groups in total. The number of aryl methyl sites for hydroxylation is 1. The van der Waals surface area contributed by atoms with Crippen LogP contribution in [0.3, 0.4) is 0 Å². The molecule has 0 aliphatic heterocycles. The van der Waals surface area contributed by atoms with Gasteiger partial charge in [-0.15, -0.1) is 0 Å². The number of carbonyl (C=O) groups is 1. The van der Waals surface area contributed by atoms with Gasteiger partial charge in [0.2, 0.25) is 0 Å². The van der Waals surface area contributed by atoms with Crippen molar-refractivity contribution in [2.24, 2.45) is 0 Å². The summed E-state index contributed by atoms with van der Waals surface area (Å²) >= 11 is 0. The third-order valence-corrected chi connectivity index (χ3v) is 1.85. The van der Waals surface area contributed by atoms with Gasteiger partial charge in [-0.2, -0.15) is 5.10 Å². The number of rotatable bonds is 4. The summed E-state index contributed by atoms with van der Waals surface area (Å²) in [7, 11) is 0. The summed E-state index contributed by atoms with van der Waals surface area (Å²) in [6, 6.07) is 2.72. The second kappa shape index (κ2) is 5.44. The van der Waals surface area contributed by atoms with Crippen molar-refractivity contribution in [3.05, 3.63) is 28.2 Å². The molecule has 0 radical (unpaired) electrons. The summed E-state index contributed by atoms with van der Waals surface area (Å²) in [6.07, 6.45) is 0.594. The summed E-state index contributed by atoms with van der Waals surface area (Å²) in [5.41, 5.74) is -0.0373. The van der Waals surface area contributed by atoms with Crippen LogP contribution in [0.25, 0.3) is 0 Å². The summed E-state index contributed by atoms with van der Waals surface area (Å²) in [5.74, 6) is -0.500. The average Bonchev–Trinajstić information content (AvgIpc) is 2.20. The van der Waals surface area contributed by atoms with Crippen molar-refractivity contribution in [3.63, 3.8) is 0 Å². The Balaban J connectivity index is 2.94. The van der Waals surface area contributed by atoms with Crippen LogP contribution in [0.4, 0.5) is 0 Å². The molecule has 0 saturated heterocycles. The standard InChI is InChI=1S/C11H16N2O3/c1-4-7-13-10(14)6-5-9(12-13)11(15)16-8(2)3/h5-6,8H,4,7H2,1-3H3. The molecule has 0 amide bonds. The highest BCUT2D eigenvalue weighted by molar-refractivity contribution is 5.86. The maximum Gasteiger partial charge on any atom is 0.359 e. The van der Waals surface area contributed by atoms with Gasteiger partial charge in [0.15, 0.2) is 5.69 Å². The maximum atomic E-state index is 11.5. The van der Waals surface area contributed by atoms with E-state index in [0.717, 1.165) is 6.42 Å². The van der Waals surface area contributed by atoms with Crippen molar-refractivity contribution in [2.45, 2.75) is 39.8 Å². The van der Waals surface area contributed by atoms with E-state index in [1.165, 1.54) is 16.8 Å². The summed E-state index contributed by atoms with van der Waals surface area (Å²) in [4.78, 5) is 22.9. The zero-order valence-electron chi connectivity index (χ0n) is 9.77. The van der Waals surface area contributed by atoms with Gasteiger partial charge in [0.05, 0.1) is 6.10 Å². The van der Waals surface area contributed by atoms with Gasteiger partial charge >= 0.3 is 5.97 Å². The molecule has 0 aliphatic rings. The minimum atomic E-state index is -0.500. The topological polar surface area (TPSA) is 61.2 Å². The highest BCUT2D eigenvalue weighted by atomic mass is 16.5. The normalized spacial score (nSPS) is 10.5. The highest BCUT2D eigenvalue weighted by Gasteiger charge is 2.12. The molecule has 0 unspecified atom stereocenters. The van der Waals surface area contributed by atoms with Crippen molar-refractivity contribution in [2.75, 3.05) is 0 Å². The van der Waals surface area contributed by atoms with Crippen LogP contribution in [0.5, 0.6) is 0 Å². The van der Waals surface area contributed by atoms with E-state index >= 15 is 0 Å². The average molecular weight is 224 g/mol. The van der Waals surface area contributed by atoms with E-state index in [1.54, 1.807) is 13.8 Å². The Hall–Kier alpha value is -1.65. The smallest absolute Gasteiger partial charge is 0.359 e. The zero-order chi connectivity index (χ0) is 12.1. The van der Waals surface area contributed by atoms with E-state index in [0.29, 0.717) is 6.54 Å². The fourth-order valence-corrected chi connectivity index (χ4v) is 1.20. The lowest BCUT2D eigenvalue weighted by atomic mass is 10.4. The van der Waals surface area contributed by atoms with Gasteiger partial charge in [-0.25, -0.2) is 9.48 Å². The predicted octanol–water partition coefficient (Wildman–Crippen LogP) is 1.22. The molecule has 1 heterocycles. The maximum absolute atomic E-state index is 11.5. The fraction of sp³-hybridized carbons (Fsp3) is 0.545. The SMILES string of the molecule is CCCn1nc(C(=O)OC(C)C)ccc1=O. The number of aromatic nitrogens is 2. The third kappa shape index (κ3) is 3.18. The fourth-order valence-electron chi connectivity index (χ4n) is 1.20. The number of ether oxygens (including phenoxy) is 1. The number of carbonyl (C=O) groups excluding carboxylic acids is 1. The molecule has 1 rings (SSSR count). The Morgan fingerprint density at radius 2 is 2.19 bits per heavy atom. The van der Waals surface area contributed by atoms with E-state index in [-0.39, 0.29) is 17.4 Å². The molecule has 5 heteroatoms. The van der Waals surface area contributed by atoms with Crippen LogP contribution >= 0.6 is 0 Å². The summed E-state index contributed by atoms with van der Waals surface area (Å²) in [6.45, 7) is 5.97. The Morgan fingerprint density at radius 3 is 2.75 bits per heavy atom. The number of hydrogen-bond donors (Lipinski definition) is 0. The minimum absolute atomic E-state index is 0.168. The van der Waals surface area contributed by atoms with Gasteiger partial charge in [-0.3, -0.25) is 4.79 Å². The minimum Gasteiger partial charge on any atom is -0.458 e. The van der Waals surface area contributed by atoms with E-state index in [9.17, 15) is 9.59 Å². The molecule has 0 bridgehead atoms. The van der Waals surface area contributed by atoms with Crippen LogP contribution < -0.4 is 5.56 Å². The Kier molecular flexibility index (Phi) is 4.22. The van der Waals surface area contributed by atoms with Crippen molar-refractivity contribution in [1.82, 2.24) is 9.78 Å². The second-order valence-electron chi connectivity index (χ2n) is 3.73. The molecule has 0 aromatic carbocycles. The first-order valence-electron chi connectivity index (χ1n) is 5.33. The summed E-state index contributed by atoms with van der Waals surface area (Å²) in [5, 5.41) is 3.94. The van der Waals surface area contributed by atoms with Crippen molar-refractivity contribution in [3.8, 4) is 0 Å². The number of esters is 1. The van der Waals surface area contributed by atoms with Gasteiger partial charge in [0.25, 0.3) is 5.56 Å². The van der Waals surface area contributed by atoms with Gasteiger partial charge in [0.1, 0.15) is 0 Å². The third-order valence-electron chi connectivity index (χ3n) is 1.85. The first-order valence-corrected chi connectivity index (χ1v) is 5.33. The largest absolute Gasteiger partial charge is 0.458 e. The number of nitrogens with zero attached hydrogens (tertiary/aromatic N) is 2. The van der Waals surface area contributed by atoms with E-state index in [4.69, 9.17) is 4.74 Å². The molecule has 0 aliphatic carbocycles. The van der Waals surface area contributed by atoms with Crippen molar-refractivity contribution >= 4 is 5.97 Å². The van der Waals surface area contributed by atoms with Crippen LogP contribution in [0.1, 0.15) is 37.7 Å². The molecular weight excluding hydrogens is 208 g/mol. The predicted molar refractivity (Wildman–Crippen MR) is 59.3 cm³/mol. The van der Waals surface area contributed by atoms with Gasteiger partial charge in [-0.1, -0.05) is 6.92 Å². The van der Waals surface area contributed by atoms with Crippen LogP contribution in [0.2, 0.25) is 0 Å². The molecule has 0 fully saturated rings. The van der Waals surface area contributed by atoms with Crippen LogP contribution in [-0.2, 0) is 11.3 Å². The Morgan fingerprint density at radius 1 is 1.50 bits per heavy atom. The molecule has 0 spiro atoms. The van der Waals surface area contributed by atoms with E-state index in [1.807, 2.05) is 6.92 Å². The van der Waals surface area contributed by atoms with E-state index in [2.05, 4.69) is 5.10 Å². The lowest BCUT2D eigenvalue weighted by molar-refractivity contribution is 0.0367. The Labute approximate surface area is 94.0 Å². The summed E-state index contributed by atoms with van der Waals surface area (Å²) < 4.78 is 6.27. The van der Waals surface area contributed by atoms with E-state index < -0.39 is 5.97 Å². The first-order chi connectivity index (χ1) is 7.54. The lowest BCUT2D eigenvalue weighted by Crippen LogP contribution is -2.25. The number of hydrogen-bond acceptors (Lipinski definition) is 4. The van der Waals surface area contributed by atoms with Crippen molar-refractivity contribution < 1.29 is 9.53 Å². The van der Waals surface area contributed by atoms with Gasteiger partial charge in [0, 0.05) is 12.6 Å². The van der Waals surface area contributed by atoms with Crippen LogP contribution in [0, 0.1) is 0 Å². The molecule has 88 valence electrons. The van der Waals surface area contributed by atoms with Crippen molar-refractivity contribution in [1.29, 1.82) is 0 Å². The van der Waals surface area contributed by atoms with Crippen LogP contribution in [0.15, 0.2) is 16.9 Å². The highest BCUT2D eigenvalue weighted by Crippen LogP contribution is 1.98. The van der Waals surface area contributed by atoms with Gasteiger partial charge < -0.3 is 4.74 Å². The first kappa shape index (κ1) is 12.4. The molecule has 1 aromatic heterocycles. The molecule has 5 nitrogen and oxygen atoms in total. The molecular formula is C11H16N2O3. The lowest BCUT2D eigenvalue weighted by Gasteiger charge is -2.08.